The molecule has 0 aliphatic carbocycles. The van der Waals surface area contributed by atoms with Crippen LogP contribution in [0.25, 0.3) is 22.4 Å². The van der Waals surface area contributed by atoms with E-state index in [0.29, 0.717) is 11.5 Å². The van der Waals surface area contributed by atoms with Gasteiger partial charge < -0.3 is 14.0 Å². The summed E-state index contributed by atoms with van der Waals surface area (Å²) < 4.78 is 13.2. The fraction of sp³-hybridized carbons (Fsp3) is 0.269. The molecule has 4 nitrogen and oxygen atoms in total. The van der Waals surface area contributed by atoms with Crippen molar-refractivity contribution < 1.29 is 9.47 Å². The summed E-state index contributed by atoms with van der Waals surface area (Å²) in [5.74, 6) is 2.32. The van der Waals surface area contributed by atoms with Crippen molar-refractivity contribution in [3.8, 4) is 22.9 Å². The number of rotatable bonds is 5. The van der Waals surface area contributed by atoms with Crippen LogP contribution in [0.2, 0.25) is 0 Å². The van der Waals surface area contributed by atoms with Gasteiger partial charge in [-0.3, -0.25) is 0 Å². The van der Waals surface area contributed by atoms with Crippen LogP contribution in [0, 0.1) is 0 Å². The molecule has 30 heavy (non-hydrogen) atoms. The Morgan fingerprint density at radius 1 is 0.833 bits per heavy atom. The number of ether oxygens (including phenoxy) is 2. The Labute approximate surface area is 178 Å². The maximum absolute atomic E-state index is 5.51. The summed E-state index contributed by atoms with van der Waals surface area (Å²) in [5.41, 5.74) is 5.81. The maximum atomic E-state index is 5.51. The van der Waals surface area contributed by atoms with E-state index < -0.39 is 0 Å². The third kappa shape index (κ3) is 3.78. The number of hydrogen-bond acceptors (Lipinski definition) is 3. The van der Waals surface area contributed by atoms with Gasteiger partial charge >= 0.3 is 0 Å². The van der Waals surface area contributed by atoms with Crippen LogP contribution in [0.5, 0.6) is 11.5 Å². The summed E-state index contributed by atoms with van der Waals surface area (Å²) in [5, 5.41) is 0. The van der Waals surface area contributed by atoms with Gasteiger partial charge in [-0.15, -0.1) is 0 Å². The zero-order chi connectivity index (χ0) is 21.3. The number of nitrogens with zero attached hydrogens (tertiary/aromatic N) is 2. The molecule has 0 spiro atoms. The van der Waals surface area contributed by atoms with Crippen molar-refractivity contribution in [1.82, 2.24) is 9.55 Å². The molecule has 0 amide bonds. The molecule has 0 atom stereocenters. The Kier molecular flexibility index (Phi) is 5.25. The highest BCUT2D eigenvalue weighted by molar-refractivity contribution is 5.81. The predicted octanol–water partition coefficient (Wildman–Crippen LogP) is 6.07. The molecule has 154 valence electrons. The second-order valence-electron chi connectivity index (χ2n) is 8.53. The van der Waals surface area contributed by atoms with E-state index >= 15 is 0 Å². The van der Waals surface area contributed by atoms with Crippen LogP contribution < -0.4 is 9.47 Å². The van der Waals surface area contributed by atoms with E-state index in [2.05, 4.69) is 67.8 Å². The average molecular weight is 401 g/mol. The fourth-order valence-corrected chi connectivity index (χ4v) is 3.72. The van der Waals surface area contributed by atoms with Gasteiger partial charge in [0.05, 0.1) is 25.3 Å². The Morgan fingerprint density at radius 3 is 2.20 bits per heavy atom. The Hall–Kier alpha value is -3.27. The topological polar surface area (TPSA) is 36.3 Å². The first-order chi connectivity index (χ1) is 14.4. The molecule has 0 bridgehead atoms. The molecule has 0 radical (unpaired) electrons. The first kappa shape index (κ1) is 20.0. The molecular formula is C26H28N2O2. The Bertz CT molecular complexity index is 1170. The van der Waals surface area contributed by atoms with Gasteiger partial charge in [0.15, 0.2) is 11.5 Å². The Morgan fingerprint density at radius 2 is 1.53 bits per heavy atom. The van der Waals surface area contributed by atoms with Crippen molar-refractivity contribution in [2.75, 3.05) is 14.2 Å². The fourth-order valence-electron chi connectivity index (χ4n) is 3.72. The number of hydrogen-bond donors (Lipinski definition) is 0. The molecule has 0 unspecified atom stereocenters. The van der Waals surface area contributed by atoms with Gasteiger partial charge in [-0.2, -0.15) is 0 Å². The van der Waals surface area contributed by atoms with Crippen LogP contribution in [-0.4, -0.2) is 23.8 Å². The second-order valence-corrected chi connectivity index (χ2v) is 8.53. The summed E-state index contributed by atoms with van der Waals surface area (Å²) >= 11 is 0. The second kappa shape index (κ2) is 7.86. The summed E-state index contributed by atoms with van der Waals surface area (Å²) in [6.07, 6.45) is 0. The molecule has 0 fully saturated rings. The van der Waals surface area contributed by atoms with Crippen molar-refractivity contribution >= 4 is 11.0 Å². The average Bonchev–Trinajstić information content (AvgIpc) is 3.11. The van der Waals surface area contributed by atoms with Gasteiger partial charge in [-0.1, -0.05) is 57.2 Å². The van der Waals surface area contributed by atoms with E-state index in [0.717, 1.165) is 29.0 Å². The van der Waals surface area contributed by atoms with Crippen LogP contribution in [0.3, 0.4) is 0 Å². The lowest BCUT2D eigenvalue weighted by Crippen LogP contribution is -2.11. The van der Waals surface area contributed by atoms with E-state index in [4.69, 9.17) is 14.5 Å². The van der Waals surface area contributed by atoms with Crippen LogP contribution in [0.15, 0.2) is 66.7 Å². The quantitative estimate of drug-likeness (QED) is 0.408. The van der Waals surface area contributed by atoms with E-state index in [9.17, 15) is 0 Å². The van der Waals surface area contributed by atoms with Gasteiger partial charge in [-0.25, -0.2) is 4.98 Å². The van der Waals surface area contributed by atoms with E-state index in [1.807, 2.05) is 24.3 Å². The molecule has 4 aromatic rings. The minimum atomic E-state index is 0.144. The lowest BCUT2D eigenvalue weighted by molar-refractivity contribution is 0.355. The predicted molar refractivity (Wildman–Crippen MR) is 123 cm³/mol. The molecule has 0 saturated heterocycles. The molecule has 0 N–H and O–H groups in total. The van der Waals surface area contributed by atoms with Crippen LogP contribution in [-0.2, 0) is 12.0 Å². The molecule has 0 aliphatic heterocycles. The highest BCUT2D eigenvalue weighted by Crippen LogP contribution is 2.34. The number of fused-ring (bicyclic) bond motifs is 1. The van der Waals surface area contributed by atoms with Gasteiger partial charge in [0, 0.05) is 12.1 Å². The maximum Gasteiger partial charge on any atom is 0.161 e. The zero-order valence-electron chi connectivity index (χ0n) is 18.3. The summed E-state index contributed by atoms with van der Waals surface area (Å²) in [6, 6.07) is 23.1. The number of imidazole rings is 1. The number of methoxy groups -OCH3 is 2. The van der Waals surface area contributed by atoms with Crippen LogP contribution in [0.1, 0.15) is 31.9 Å². The van der Waals surface area contributed by atoms with E-state index in [1.165, 1.54) is 11.1 Å². The van der Waals surface area contributed by atoms with E-state index in [-0.39, 0.29) is 5.41 Å². The summed E-state index contributed by atoms with van der Waals surface area (Å²) in [4.78, 5) is 4.93. The van der Waals surface area contributed by atoms with Crippen LogP contribution >= 0.6 is 0 Å². The van der Waals surface area contributed by atoms with Gasteiger partial charge in [0.2, 0.25) is 0 Å². The van der Waals surface area contributed by atoms with Crippen molar-refractivity contribution in [3.05, 3.63) is 77.9 Å². The first-order valence-electron chi connectivity index (χ1n) is 10.2. The summed E-state index contributed by atoms with van der Waals surface area (Å²) in [7, 11) is 3.30. The highest BCUT2D eigenvalue weighted by atomic mass is 16.5. The van der Waals surface area contributed by atoms with Crippen molar-refractivity contribution in [2.45, 2.75) is 32.7 Å². The molecule has 1 heterocycles. The van der Waals surface area contributed by atoms with Crippen molar-refractivity contribution in [3.63, 3.8) is 0 Å². The largest absolute Gasteiger partial charge is 0.493 e. The minimum Gasteiger partial charge on any atom is -0.493 e. The molecule has 1 aromatic heterocycles. The molecule has 3 aromatic carbocycles. The van der Waals surface area contributed by atoms with Crippen LogP contribution in [0.4, 0.5) is 0 Å². The van der Waals surface area contributed by atoms with Crippen molar-refractivity contribution in [1.29, 1.82) is 0 Å². The molecular weight excluding hydrogens is 372 g/mol. The zero-order valence-corrected chi connectivity index (χ0v) is 18.3. The third-order valence-electron chi connectivity index (χ3n) is 5.46. The van der Waals surface area contributed by atoms with Crippen molar-refractivity contribution in [2.24, 2.45) is 0 Å². The molecule has 4 heteroatoms. The Balaban J connectivity index is 1.80. The number of aromatic nitrogens is 2. The highest BCUT2D eigenvalue weighted by Gasteiger charge is 2.16. The smallest absolute Gasteiger partial charge is 0.161 e. The molecule has 4 rings (SSSR count). The lowest BCUT2D eigenvalue weighted by atomic mass is 9.87. The number of benzene rings is 3. The standard InChI is InChI=1S/C26H28N2O2/c1-26(2,3)20-13-10-18(11-14-20)17-28-22-9-7-6-8-21(22)27-25(28)19-12-15-23(29-4)24(16-19)30-5/h6-16H,17H2,1-5H3. The first-order valence-corrected chi connectivity index (χ1v) is 10.2. The lowest BCUT2D eigenvalue weighted by Gasteiger charge is -2.19. The van der Waals surface area contributed by atoms with Gasteiger partial charge in [0.1, 0.15) is 5.82 Å². The minimum absolute atomic E-state index is 0.144. The normalized spacial score (nSPS) is 11.6. The van der Waals surface area contributed by atoms with E-state index in [1.54, 1.807) is 14.2 Å². The third-order valence-corrected chi connectivity index (χ3v) is 5.46. The van der Waals surface area contributed by atoms with Gasteiger partial charge in [0.25, 0.3) is 0 Å². The summed E-state index contributed by atoms with van der Waals surface area (Å²) in [6.45, 7) is 7.45. The molecule has 0 aliphatic rings. The SMILES string of the molecule is COc1ccc(-c2nc3ccccc3n2Cc2ccc(C(C)(C)C)cc2)cc1OC. The number of para-hydroxylation sites is 2. The monoisotopic (exact) mass is 400 g/mol. The van der Waals surface area contributed by atoms with Gasteiger partial charge in [-0.05, 0) is 46.9 Å². The molecule has 0 saturated carbocycles.